The summed E-state index contributed by atoms with van der Waals surface area (Å²) in [6.07, 6.45) is 3.21. The zero-order valence-corrected chi connectivity index (χ0v) is 11.1. The second-order valence-electron chi connectivity index (χ2n) is 4.75. The highest BCUT2D eigenvalue weighted by molar-refractivity contribution is 7.89. The van der Waals surface area contributed by atoms with Crippen LogP contribution in [0.3, 0.4) is 0 Å². The normalized spacial score (nSPS) is 24.4. The monoisotopic (exact) mass is 290 g/mol. The van der Waals surface area contributed by atoms with Gasteiger partial charge in [0.15, 0.2) is 0 Å². The van der Waals surface area contributed by atoms with Gasteiger partial charge >= 0.3 is 0 Å². The van der Waals surface area contributed by atoms with E-state index in [0.717, 1.165) is 31.4 Å². The summed E-state index contributed by atoms with van der Waals surface area (Å²) in [5.41, 5.74) is 5.85. The molecule has 0 aromatic heterocycles. The highest BCUT2D eigenvalue weighted by Gasteiger charge is 2.28. The van der Waals surface area contributed by atoms with Crippen molar-refractivity contribution in [1.82, 2.24) is 4.72 Å². The van der Waals surface area contributed by atoms with Crippen molar-refractivity contribution in [2.24, 2.45) is 5.73 Å². The molecule has 0 heterocycles. The average molecular weight is 290 g/mol. The number of halogens is 2. The fourth-order valence-corrected chi connectivity index (χ4v) is 3.64. The molecule has 7 heteroatoms. The van der Waals surface area contributed by atoms with E-state index in [1.807, 2.05) is 0 Å². The number of rotatable bonds is 3. The molecule has 0 aliphatic heterocycles. The van der Waals surface area contributed by atoms with Crippen LogP contribution in [0.5, 0.6) is 0 Å². The molecule has 4 nitrogen and oxygen atoms in total. The summed E-state index contributed by atoms with van der Waals surface area (Å²) < 4.78 is 52.8. The molecule has 1 fully saturated rings. The number of nitrogens with two attached hydrogens (primary N) is 1. The van der Waals surface area contributed by atoms with E-state index in [4.69, 9.17) is 5.73 Å². The lowest BCUT2D eigenvalue weighted by Crippen LogP contribution is -2.49. The van der Waals surface area contributed by atoms with Gasteiger partial charge in [-0.3, -0.25) is 0 Å². The minimum absolute atomic E-state index is 0.271. The molecule has 0 amide bonds. The van der Waals surface area contributed by atoms with Crippen molar-refractivity contribution in [2.75, 3.05) is 0 Å². The fraction of sp³-hybridized carbons (Fsp3) is 0.500. The van der Waals surface area contributed by atoms with Gasteiger partial charge in [-0.1, -0.05) is 12.8 Å². The number of hydrogen-bond acceptors (Lipinski definition) is 3. The van der Waals surface area contributed by atoms with Gasteiger partial charge in [0, 0.05) is 18.2 Å². The summed E-state index contributed by atoms with van der Waals surface area (Å²) in [5.74, 6) is -1.91. The van der Waals surface area contributed by atoms with Crippen molar-refractivity contribution in [3.8, 4) is 0 Å². The Kier molecular flexibility index (Phi) is 4.17. The zero-order chi connectivity index (χ0) is 14.0. The van der Waals surface area contributed by atoms with Crippen LogP contribution in [-0.4, -0.2) is 20.5 Å². The van der Waals surface area contributed by atoms with Gasteiger partial charge in [0.05, 0.1) is 0 Å². The molecule has 19 heavy (non-hydrogen) atoms. The third-order valence-electron chi connectivity index (χ3n) is 3.31. The molecule has 1 aliphatic carbocycles. The van der Waals surface area contributed by atoms with Crippen molar-refractivity contribution < 1.29 is 17.2 Å². The summed E-state index contributed by atoms with van der Waals surface area (Å²) in [6, 6.07) is 1.71. The third kappa shape index (κ3) is 3.29. The molecule has 0 radical (unpaired) electrons. The van der Waals surface area contributed by atoms with Gasteiger partial charge in [0.2, 0.25) is 10.0 Å². The quantitative estimate of drug-likeness (QED) is 0.886. The molecular formula is C12H16F2N2O2S. The Bertz CT molecular complexity index is 563. The first-order chi connectivity index (χ1) is 8.90. The maximum Gasteiger partial charge on any atom is 0.243 e. The Balaban J connectivity index is 2.22. The van der Waals surface area contributed by atoms with E-state index in [-0.39, 0.29) is 6.04 Å². The Labute approximate surface area is 111 Å². The summed E-state index contributed by atoms with van der Waals surface area (Å²) in [6.45, 7) is 0. The largest absolute Gasteiger partial charge is 0.326 e. The second kappa shape index (κ2) is 5.52. The standard InChI is InChI=1S/C12H16F2N2O2S/c13-8-5-6-12(9(14)7-8)19(17,18)16-11-4-2-1-3-10(11)15/h5-7,10-11,16H,1-4,15H2/t10-,11-/m1/s1. The smallest absolute Gasteiger partial charge is 0.243 e. The zero-order valence-electron chi connectivity index (χ0n) is 10.3. The molecule has 3 N–H and O–H groups in total. The van der Waals surface area contributed by atoms with Crippen molar-refractivity contribution in [2.45, 2.75) is 42.7 Å². The molecule has 1 aromatic rings. The first-order valence-electron chi connectivity index (χ1n) is 6.13. The molecule has 1 aromatic carbocycles. The molecule has 106 valence electrons. The molecule has 1 saturated carbocycles. The second-order valence-corrected chi connectivity index (χ2v) is 6.43. The Morgan fingerprint density at radius 3 is 2.53 bits per heavy atom. The maximum absolute atomic E-state index is 13.5. The van der Waals surface area contributed by atoms with Crippen LogP contribution in [0.2, 0.25) is 0 Å². The van der Waals surface area contributed by atoms with E-state index in [1.54, 1.807) is 0 Å². The van der Waals surface area contributed by atoms with Crippen LogP contribution < -0.4 is 10.5 Å². The third-order valence-corrected chi connectivity index (χ3v) is 4.83. The molecular weight excluding hydrogens is 274 g/mol. The lowest BCUT2D eigenvalue weighted by molar-refractivity contribution is 0.360. The lowest BCUT2D eigenvalue weighted by Gasteiger charge is -2.29. The van der Waals surface area contributed by atoms with Crippen molar-refractivity contribution in [1.29, 1.82) is 0 Å². The van der Waals surface area contributed by atoms with Crippen LogP contribution >= 0.6 is 0 Å². The van der Waals surface area contributed by atoms with Gasteiger partial charge in [0.25, 0.3) is 0 Å². The summed E-state index contributed by atoms with van der Waals surface area (Å²) in [5, 5.41) is 0. The molecule has 0 spiro atoms. The van der Waals surface area contributed by atoms with E-state index >= 15 is 0 Å². The fourth-order valence-electron chi connectivity index (χ4n) is 2.26. The van der Waals surface area contributed by atoms with E-state index in [2.05, 4.69) is 4.72 Å². The van der Waals surface area contributed by atoms with Gasteiger partial charge < -0.3 is 5.73 Å². The molecule has 0 bridgehead atoms. The van der Waals surface area contributed by atoms with Gasteiger partial charge in [-0.2, -0.15) is 0 Å². The van der Waals surface area contributed by atoms with Crippen molar-refractivity contribution in [3.05, 3.63) is 29.8 Å². The number of sulfonamides is 1. The first kappa shape index (κ1) is 14.4. The minimum atomic E-state index is -4.01. The van der Waals surface area contributed by atoms with Gasteiger partial charge in [0.1, 0.15) is 16.5 Å². The van der Waals surface area contributed by atoms with E-state index in [1.165, 1.54) is 0 Å². The predicted molar refractivity (Wildman–Crippen MR) is 66.9 cm³/mol. The number of benzene rings is 1. The van der Waals surface area contributed by atoms with Crippen LogP contribution in [-0.2, 0) is 10.0 Å². The van der Waals surface area contributed by atoms with Crippen LogP contribution in [0.15, 0.2) is 23.1 Å². The highest BCUT2D eigenvalue weighted by atomic mass is 32.2. The highest BCUT2D eigenvalue weighted by Crippen LogP contribution is 2.21. The predicted octanol–water partition coefficient (Wildman–Crippen LogP) is 1.51. The minimum Gasteiger partial charge on any atom is -0.326 e. The summed E-state index contributed by atoms with van der Waals surface area (Å²) in [4.78, 5) is -0.549. The summed E-state index contributed by atoms with van der Waals surface area (Å²) in [7, 11) is -4.01. The number of nitrogens with one attached hydrogen (secondary N) is 1. The lowest BCUT2D eigenvalue weighted by atomic mass is 9.92. The van der Waals surface area contributed by atoms with Gasteiger partial charge in [-0.05, 0) is 25.0 Å². The molecule has 2 rings (SSSR count). The van der Waals surface area contributed by atoms with Gasteiger partial charge in [-0.15, -0.1) is 0 Å². The van der Waals surface area contributed by atoms with Crippen molar-refractivity contribution in [3.63, 3.8) is 0 Å². The van der Waals surface area contributed by atoms with E-state index in [0.29, 0.717) is 12.5 Å². The summed E-state index contributed by atoms with van der Waals surface area (Å²) >= 11 is 0. The maximum atomic E-state index is 13.5. The van der Waals surface area contributed by atoms with Crippen LogP contribution in [0.25, 0.3) is 0 Å². The van der Waals surface area contributed by atoms with Crippen molar-refractivity contribution >= 4 is 10.0 Å². The average Bonchev–Trinajstić information content (AvgIpc) is 2.31. The molecule has 2 atom stereocenters. The van der Waals surface area contributed by atoms with Crippen LogP contribution in [0.4, 0.5) is 8.78 Å². The molecule has 0 saturated heterocycles. The Hall–Kier alpha value is -1.05. The van der Waals surface area contributed by atoms with Crippen LogP contribution in [0.1, 0.15) is 25.7 Å². The van der Waals surface area contributed by atoms with E-state index < -0.39 is 32.6 Å². The van der Waals surface area contributed by atoms with Crippen LogP contribution in [0, 0.1) is 11.6 Å². The first-order valence-corrected chi connectivity index (χ1v) is 7.61. The number of hydrogen-bond donors (Lipinski definition) is 2. The van der Waals surface area contributed by atoms with Gasteiger partial charge in [-0.25, -0.2) is 21.9 Å². The molecule has 1 aliphatic rings. The van der Waals surface area contributed by atoms with E-state index in [9.17, 15) is 17.2 Å². The topological polar surface area (TPSA) is 72.2 Å². The molecule has 0 unspecified atom stereocenters. The SMILES string of the molecule is N[C@@H]1CCCC[C@H]1NS(=O)(=O)c1ccc(F)cc1F. The Morgan fingerprint density at radius 2 is 1.89 bits per heavy atom. The Morgan fingerprint density at radius 1 is 1.21 bits per heavy atom.